The number of ether oxygens (including phenoxy) is 1. The Morgan fingerprint density at radius 2 is 1.96 bits per heavy atom. The number of anilines is 1. The van der Waals surface area contributed by atoms with E-state index >= 15 is 0 Å². The Balaban J connectivity index is 1.89. The molecule has 1 saturated heterocycles. The third-order valence-corrected chi connectivity index (χ3v) is 4.42. The third-order valence-electron chi connectivity index (χ3n) is 4.42. The summed E-state index contributed by atoms with van der Waals surface area (Å²) >= 11 is 0. The molecule has 6 heteroatoms. The van der Waals surface area contributed by atoms with Crippen LogP contribution in [0.25, 0.3) is 11.1 Å². The number of nitrogens with zero attached hydrogens (tertiary/aromatic N) is 2. The summed E-state index contributed by atoms with van der Waals surface area (Å²) in [5, 5.41) is 0. The van der Waals surface area contributed by atoms with Gasteiger partial charge in [-0.05, 0) is 55.8 Å². The first-order chi connectivity index (χ1) is 12.0. The topological polar surface area (TPSA) is 32.8 Å². The number of hydrogen-bond acceptors (Lipinski definition) is 3. The van der Waals surface area contributed by atoms with Gasteiger partial charge in [-0.25, -0.2) is 13.6 Å². The number of carbonyl (C=O) groups is 1. The molecule has 3 rings (SSSR count). The predicted octanol–water partition coefficient (Wildman–Crippen LogP) is 4.26. The molecule has 1 fully saturated rings. The lowest BCUT2D eigenvalue weighted by atomic mass is 10.0. The molecule has 1 heterocycles. The largest absolute Gasteiger partial charge is 0.430 e. The van der Waals surface area contributed by atoms with Crippen LogP contribution >= 0.6 is 0 Å². The van der Waals surface area contributed by atoms with E-state index in [9.17, 15) is 13.6 Å². The summed E-state index contributed by atoms with van der Waals surface area (Å²) < 4.78 is 32.8. The van der Waals surface area contributed by atoms with Gasteiger partial charge in [0.05, 0.1) is 5.69 Å². The Bertz CT molecular complexity index is 782. The molecule has 0 N–H and O–H groups in total. The lowest BCUT2D eigenvalue weighted by Gasteiger charge is -2.25. The zero-order valence-corrected chi connectivity index (χ0v) is 14.2. The van der Waals surface area contributed by atoms with Crippen molar-refractivity contribution in [3.63, 3.8) is 0 Å². The Labute approximate surface area is 145 Å². The number of benzene rings is 2. The maximum Gasteiger partial charge on any atom is 0.415 e. The molecular formula is C19H20F2N2O2. The van der Waals surface area contributed by atoms with Crippen LogP contribution in [0, 0.1) is 11.6 Å². The second-order valence-electron chi connectivity index (χ2n) is 6.19. The molecule has 0 saturated carbocycles. The Morgan fingerprint density at radius 3 is 2.64 bits per heavy atom. The summed E-state index contributed by atoms with van der Waals surface area (Å²) in [5.41, 5.74) is 1.38. The SMILES string of the molecule is CN(C(=O)O[C@H]1CCCN1C)c1ccc(F)cc1-c1cccc(F)c1. The molecule has 0 radical (unpaired) electrons. The van der Waals surface area contributed by atoms with E-state index in [0.717, 1.165) is 19.4 Å². The van der Waals surface area contributed by atoms with Crippen molar-refractivity contribution in [3.05, 3.63) is 54.1 Å². The van der Waals surface area contributed by atoms with E-state index < -0.39 is 17.7 Å². The highest BCUT2D eigenvalue weighted by molar-refractivity contribution is 5.93. The van der Waals surface area contributed by atoms with Gasteiger partial charge in [-0.1, -0.05) is 12.1 Å². The predicted molar refractivity (Wildman–Crippen MR) is 92.3 cm³/mol. The van der Waals surface area contributed by atoms with Crippen molar-refractivity contribution < 1.29 is 18.3 Å². The second-order valence-corrected chi connectivity index (χ2v) is 6.19. The van der Waals surface area contributed by atoms with Crippen LogP contribution in [0.3, 0.4) is 0 Å². The highest BCUT2D eigenvalue weighted by Gasteiger charge is 2.27. The molecule has 132 valence electrons. The molecule has 4 nitrogen and oxygen atoms in total. The van der Waals surface area contributed by atoms with E-state index in [1.807, 2.05) is 11.9 Å². The minimum Gasteiger partial charge on any atom is -0.430 e. The molecule has 2 aromatic rings. The highest BCUT2D eigenvalue weighted by atomic mass is 19.1. The van der Waals surface area contributed by atoms with Crippen molar-refractivity contribution in [2.45, 2.75) is 19.1 Å². The van der Waals surface area contributed by atoms with Gasteiger partial charge in [-0.15, -0.1) is 0 Å². The van der Waals surface area contributed by atoms with E-state index in [1.54, 1.807) is 19.2 Å². The molecule has 0 aromatic heterocycles. The molecule has 1 aliphatic rings. The summed E-state index contributed by atoms with van der Waals surface area (Å²) in [6.45, 7) is 0.882. The average molecular weight is 346 g/mol. The normalized spacial score (nSPS) is 17.5. The zero-order chi connectivity index (χ0) is 18.0. The quantitative estimate of drug-likeness (QED) is 0.833. The van der Waals surface area contributed by atoms with Crippen molar-refractivity contribution in [3.8, 4) is 11.1 Å². The van der Waals surface area contributed by atoms with Crippen LogP contribution in [0.5, 0.6) is 0 Å². The van der Waals surface area contributed by atoms with Crippen LogP contribution in [0.4, 0.5) is 19.3 Å². The smallest absolute Gasteiger partial charge is 0.415 e. The summed E-state index contributed by atoms with van der Waals surface area (Å²) in [7, 11) is 3.47. The van der Waals surface area contributed by atoms with E-state index in [4.69, 9.17) is 4.74 Å². The summed E-state index contributed by atoms with van der Waals surface area (Å²) in [5.74, 6) is -0.883. The van der Waals surface area contributed by atoms with Crippen LogP contribution in [-0.4, -0.2) is 37.9 Å². The van der Waals surface area contributed by atoms with Crippen LogP contribution in [0.2, 0.25) is 0 Å². The van der Waals surface area contributed by atoms with Crippen molar-refractivity contribution in [2.75, 3.05) is 25.5 Å². The first kappa shape index (κ1) is 17.4. The van der Waals surface area contributed by atoms with Gasteiger partial charge in [0, 0.05) is 19.2 Å². The standard InChI is InChI=1S/C19H20F2N2O2/c1-22-10-4-7-18(22)25-19(24)23(2)17-9-8-15(21)12-16(17)13-5-3-6-14(20)11-13/h3,5-6,8-9,11-12,18H,4,7,10H2,1-2H3/t18-/m0/s1. The van der Waals surface area contributed by atoms with Gasteiger partial charge in [0.2, 0.25) is 0 Å². The summed E-state index contributed by atoms with van der Waals surface area (Å²) in [4.78, 5) is 15.8. The van der Waals surface area contributed by atoms with Gasteiger partial charge in [0.1, 0.15) is 11.6 Å². The summed E-state index contributed by atoms with van der Waals surface area (Å²) in [6, 6.07) is 9.89. The first-order valence-corrected chi connectivity index (χ1v) is 8.16. The van der Waals surface area contributed by atoms with Gasteiger partial charge < -0.3 is 4.74 Å². The van der Waals surface area contributed by atoms with Crippen molar-refractivity contribution in [2.24, 2.45) is 0 Å². The highest BCUT2D eigenvalue weighted by Crippen LogP contribution is 2.32. The van der Waals surface area contributed by atoms with Gasteiger partial charge in [-0.3, -0.25) is 9.80 Å². The fraction of sp³-hybridized carbons (Fsp3) is 0.316. The molecule has 25 heavy (non-hydrogen) atoms. The molecule has 0 aliphatic carbocycles. The van der Waals surface area contributed by atoms with Crippen LogP contribution < -0.4 is 4.90 Å². The monoisotopic (exact) mass is 346 g/mol. The van der Waals surface area contributed by atoms with Gasteiger partial charge in [0.25, 0.3) is 0 Å². The van der Waals surface area contributed by atoms with E-state index in [0.29, 0.717) is 16.8 Å². The van der Waals surface area contributed by atoms with Crippen molar-refractivity contribution >= 4 is 11.8 Å². The van der Waals surface area contributed by atoms with Crippen molar-refractivity contribution in [1.82, 2.24) is 4.90 Å². The lowest BCUT2D eigenvalue weighted by Crippen LogP contribution is -2.36. The van der Waals surface area contributed by atoms with Crippen LogP contribution in [0.15, 0.2) is 42.5 Å². The number of halogens is 2. The number of likely N-dealkylation sites (tertiary alicyclic amines) is 1. The Hall–Kier alpha value is -2.47. The maximum absolute atomic E-state index is 13.7. The van der Waals surface area contributed by atoms with E-state index in [2.05, 4.69) is 0 Å². The minimum atomic E-state index is -0.525. The Morgan fingerprint density at radius 1 is 1.20 bits per heavy atom. The number of hydrogen-bond donors (Lipinski definition) is 0. The van der Waals surface area contributed by atoms with Crippen LogP contribution in [0.1, 0.15) is 12.8 Å². The molecule has 2 aromatic carbocycles. The Kier molecular flexibility index (Phi) is 4.99. The van der Waals surface area contributed by atoms with Gasteiger partial charge >= 0.3 is 6.09 Å². The van der Waals surface area contributed by atoms with Crippen LogP contribution in [-0.2, 0) is 4.74 Å². The molecule has 0 bridgehead atoms. The summed E-state index contributed by atoms with van der Waals surface area (Å²) in [6.07, 6.45) is 0.982. The van der Waals surface area contributed by atoms with E-state index in [-0.39, 0.29) is 6.23 Å². The zero-order valence-electron chi connectivity index (χ0n) is 14.2. The molecule has 1 amide bonds. The second kappa shape index (κ2) is 7.19. The fourth-order valence-electron chi connectivity index (χ4n) is 3.01. The first-order valence-electron chi connectivity index (χ1n) is 8.16. The average Bonchev–Trinajstić information content (AvgIpc) is 2.99. The fourth-order valence-corrected chi connectivity index (χ4v) is 3.01. The van der Waals surface area contributed by atoms with E-state index in [1.165, 1.54) is 35.2 Å². The number of amides is 1. The molecular weight excluding hydrogens is 326 g/mol. The molecule has 0 spiro atoms. The lowest BCUT2D eigenvalue weighted by molar-refractivity contribution is 0.0315. The molecule has 1 aliphatic heterocycles. The minimum absolute atomic E-state index is 0.256. The third kappa shape index (κ3) is 3.79. The van der Waals surface area contributed by atoms with Gasteiger partial charge in [-0.2, -0.15) is 0 Å². The number of rotatable bonds is 3. The number of carbonyl (C=O) groups excluding carboxylic acids is 1. The maximum atomic E-state index is 13.7. The van der Waals surface area contributed by atoms with Gasteiger partial charge in [0.15, 0.2) is 6.23 Å². The molecule has 0 unspecified atom stereocenters. The molecule has 1 atom stereocenters. The van der Waals surface area contributed by atoms with Crippen molar-refractivity contribution in [1.29, 1.82) is 0 Å².